The second-order valence-corrected chi connectivity index (χ2v) is 9.55. The highest BCUT2D eigenvalue weighted by molar-refractivity contribution is 5.98. The van der Waals surface area contributed by atoms with Crippen LogP contribution in [0, 0.1) is 11.6 Å². The maximum Gasteiger partial charge on any atom is 0.341 e. The molecular formula is C32H26F2N2O4. The first-order chi connectivity index (χ1) is 19.4. The van der Waals surface area contributed by atoms with Gasteiger partial charge in [-0.3, -0.25) is 9.59 Å². The van der Waals surface area contributed by atoms with Crippen LogP contribution in [0.2, 0.25) is 0 Å². The number of halogens is 2. The van der Waals surface area contributed by atoms with Crippen molar-refractivity contribution in [2.45, 2.75) is 24.9 Å². The minimum atomic E-state index is -0.864. The first-order valence-corrected chi connectivity index (χ1v) is 12.8. The van der Waals surface area contributed by atoms with Gasteiger partial charge in [-0.05, 0) is 59.5 Å². The van der Waals surface area contributed by atoms with Gasteiger partial charge in [-0.2, -0.15) is 0 Å². The lowest BCUT2D eigenvalue weighted by atomic mass is 9.98. The number of rotatable bonds is 8. The van der Waals surface area contributed by atoms with Gasteiger partial charge in [0.25, 0.3) is 11.8 Å². The van der Waals surface area contributed by atoms with Crippen molar-refractivity contribution in [1.82, 2.24) is 10.6 Å². The molecule has 1 saturated carbocycles. The number of nitrogens with one attached hydrogen (secondary N) is 2. The number of amides is 2. The van der Waals surface area contributed by atoms with Crippen LogP contribution in [-0.4, -0.2) is 30.9 Å². The van der Waals surface area contributed by atoms with Gasteiger partial charge in [0, 0.05) is 35.2 Å². The predicted molar refractivity (Wildman–Crippen MR) is 146 cm³/mol. The van der Waals surface area contributed by atoms with E-state index in [1.165, 1.54) is 29.8 Å². The molecule has 202 valence electrons. The number of hydrogen-bond acceptors (Lipinski definition) is 4. The maximum absolute atomic E-state index is 14.9. The summed E-state index contributed by atoms with van der Waals surface area (Å²) in [5.74, 6) is -2.58. The van der Waals surface area contributed by atoms with Gasteiger partial charge in [-0.25, -0.2) is 13.6 Å². The number of hydrogen-bond donors (Lipinski definition) is 2. The summed E-state index contributed by atoms with van der Waals surface area (Å²) in [7, 11) is 1.14. The number of methoxy groups -OCH3 is 1. The van der Waals surface area contributed by atoms with Crippen LogP contribution in [0.15, 0.2) is 91.0 Å². The molecule has 0 aliphatic heterocycles. The van der Waals surface area contributed by atoms with E-state index in [1.54, 1.807) is 30.3 Å². The van der Waals surface area contributed by atoms with Crippen LogP contribution in [0.25, 0.3) is 11.1 Å². The summed E-state index contributed by atoms with van der Waals surface area (Å²) in [6.45, 7) is -0.0945. The summed E-state index contributed by atoms with van der Waals surface area (Å²) in [4.78, 5) is 37.3. The van der Waals surface area contributed by atoms with Crippen molar-refractivity contribution in [2.75, 3.05) is 7.11 Å². The van der Waals surface area contributed by atoms with Gasteiger partial charge in [0.2, 0.25) is 0 Å². The molecule has 2 amide bonds. The number of carbonyl (C=O) groups is 3. The Morgan fingerprint density at radius 2 is 1.52 bits per heavy atom. The fourth-order valence-electron chi connectivity index (χ4n) is 4.66. The van der Waals surface area contributed by atoms with Crippen LogP contribution in [-0.2, 0) is 11.3 Å². The molecule has 1 aliphatic carbocycles. The maximum atomic E-state index is 14.9. The molecule has 1 aliphatic rings. The van der Waals surface area contributed by atoms with Crippen molar-refractivity contribution < 1.29 is 27.9 Å². The van der Waals surface area contributed by atoms with E-state index in [-0.39, 0.29) is 35.2 Å². The molecule has 0 radical (unpaired) electrons. The third-order valence-electron chi connectivity index (χ3n) is 6.95. The Hall–Kier alpha value is -4.85. The van der Waals surface area contributed by atoms with E-state index in [0.29, 0.717) is 22.6 Å². The Bertz CT molecular complexity index is 1570. The molecule has 4 aromatic carbocycles. The number of carbonyl (C=O) groups excluding carboxylic acids is 3. The lowest BCUT2D eigenvalue weighted by Gasteiger charge is -2.12. The third kappa shape index (κ3) is 5.76. The normalized spacial score (nSPS) is 15.7. The van der Waals surface area contributed by atoms with Crippen molar-refractivity contribution in [3.8, 4) is 11.1 Å². The lowest BCUT2D eigenvalue weighted by Crippen LogP contribution is -2.27. The highest BCUT2D eigenvalue weighted by atomic mass is 19.1. The molecule has 2 atom stereocenters. The molecule has 0 saturated heterocycles. The first kappa shape index (κ1) is 26.7. The minimum absolute atomic E-state index is 0.0899. The quantitative estimate of drug-likeness (QED) is 0.284. The zero-order valence-corrected chi connectivity index (χ0v) is 21.6. The van der Waals surface area contributed by atoms with E-state index < -0.39 is 23.5 Å². The molecule has 5 rings (SSSR count). The topological polar surface area (TPSA) is 84.5 Å². The molecule has 2 N–H and O–H groups in total. The summed E-state index contributed by atoms with van der Waals surface area (Å²) >= 11 is 0. The molecule has 0 aromatic heterocycles. The number of ether oxygens (including phenoxy) is 1. The highest BCUT2D eigenvalue weighted by Gasteiger charge is 2.39. The lowest BCUT2D eigenvalue weighted by molar-refractivity contribution is 0.0596. The summed E-state index contributed by atoms with van der Waals surface area (Å²) in [6.07, 6.45) is 0.891. The predicted octanol–water partition coefficient (Wildman–Crippen LogP) is 5.63. The van der Waals surface area contributed by atoms with E-state index in [1.807, 2.05) is 18.2 Å². The van der Waals surface area contributed by atoms with Crippen LogP contribution < -0.4 is 10.6 Å². The van der Waals surface area contributed by atoms with Crippen LogP contribution in [0.1, 0.15) is 54.5 Å². The van der Waals surface area contributed by atoms with Crippen LogP contribution in [0.3, 0.4) is 0 Å². The minimum Gasteiger partial charge on any atom is -0.465 e. The molecule has 0 spiro atoms. The van der Waals surface area contributed by atoms with E-state index >= 15 is 0 Å². The fraction of sp³-hybridized carbons (Fsp3) is 0.156. The molecule has 1 fully saturated rings. The van der Waals surface area contributed by atoms with Crippen LogP contribution in [0.4, 0.5) is 8.78 Å². The van der Waals surface area contributed by atoms with Gasteiger partial charge in [0.15, 0.2) is 0 Å². The Labute approximate surface area is 230 Å². The van der Waals surface area contributed by atoms with E-state index in [2.05, 4.69) is 27.5 Å². The van der Waals surface area contributed by atoms with Gasteiger partial charge in [-0.15, -0.1) is 0 Å². The van der Waals surface area contributed by atoms with Gasteiger partial charge in [-0.1, -0.05) is 54.6 Å². The Morgan fingerprint density at radius 1 is 0.825 bits per heavy atom. The van der Waals surface area contributed by atoms with Crippen molar-refractivity contribution >= 4 is 17.8 Å². The van der Waals surface area contributed by atoms with Gasteiger partial charge < -0.3 is 15.4 Å². The number of esters is 1. The third-order valence-corrected chi connectivity index (χ3v) is 6.95. The van der Waals surface area contributed by atoms with Gasteiger partial charge >= 0.3 is 5.97 Å². The summed E-state index contributed by atoms with van der Waals surface area (Å²) < 4.78 is 33.8. The molecule has 0 heterocycles. The summed E-state index contributed by atoms with van der Waals surface area (Å²) in [5.41, 5.74) is 2.39. The zero-order valence-electron chi connectivity index (χ0n) is 21.6. The molecule has 4 aromatic rings. The second-order valence-electron chi connectivity index (χ2n) is 9.55. The molecule has 40 heavy (non-hydrogen) atoms. The van der Waals surface area contributed by atoms with Crippen molar-refractivity contribution in [2.24, 2.45) is 0 Å². The van der Waals surface area contributed by atoms with Gasteiger partial charge in [0.05, 0.1) is 7.11 Å². The first-order valence-electron chi connectivity index (χ1n) is 12.8. The highest BCUT2D eigenvalue weighted by Crippen LogP contribution is 2.40. The summed E-state index contributed by atoms with van der Waals surface area (Å²) in [6, 6.07) is 24.6. The largest absolute Gasteiger partial charge is 0.465 e. The SMILES string of the molecule is COC(=O)c1c(F)cccc1-c1ccc(CNC(=O)c2ccc(C(=O)NC3CC3c3ccccc3)cc2)c(F)c1. The van der Waals surface area contributed by atoms with Crippen molar-refractivity contribution in [3.05, 3.63) is 130 Å². The van der Waals surface area contributed by atoms with E-state index in [4.69, 9.17) is 0 Å². The van der Waals surface area contributed by atoms with Crippen LogP contribution in [0.5, 0.6) is 0 Å². The van der Waals surface area contributed by atoms with E-state index in [0.717, 1.165) is 19.6 Å². The molecule has 6 nitrogen and oxygen atoms in total. The Morgan fingerprint density at radius 3 is 2.20 bits per heavy atom. The average molecular weight is 541 g/mol. The number of benzene rings is 4. The van der Waals surface area contributed by atoms with Crippen LogP contribution >= 0.6 is 0 Å². The van der Waals surface area contributed by atoms with Gasteiger partial charge in [0.1, 0.15) is 17.2 Å². The molecule has 2 unspecified atom stereocenters. The monoisotopic (exact) mass is 540 g/mol. The second kappa shape index (κ2) is 11.5. The zero-order chi connectivity index (χ0) is 28.2. The fourth-order valence-corrected chi connectivity index (χ4v) is 4.66. The Kier molecular flexibility index (Phi) is 7.68. The van der Waals surface area contributed by atoms with E-state index in [9.17, 15) is 23.2 Å². The molecule has 8 heteroatoms. The van der Waals surface area contributed by atoms with Crippen molar-refractivity contribution in [1.29, 1.82) is 0 Å². The molecule has 0 bridgehead atoms. The average Bonchev–Trinajstić information content (AvgIpc) is 3.75. The molecular weight excluding hydrogens is 514 g/mol. The summed E-state index contributed by atoms with van der Waals surface area (Å²) in [5, 5.41) is 5.69. The Balaban J connectivity index is 1.19. The van der Waals surface area contributed by atoms with Crippen molar-refractivity contribution in [3.63, 3.8) is 0 Å². The standard InChI is InChI=1S/C32H26F2N2O4/c1-40-32(39)29-24(8-5-9-26(29)33)22-14-15-23(27(34)16-22)18-35-30(37)20-10-12-21(13-11-20)31(38)36-28-17-25(28)19-6-3-2-4-7-19/h2-16,25,28H,17-18H2,1H3,(H,35,37)(H,36,38). The smallest absolute Gasteiger partial charge is 0.341 e.